The molecule has 2 aromatic carbocycles. The van der Waals surface area contributed by atoms with Gasteiger partial charge in [-0.1, -0.05) is 30.2 Å². The van der Waals surface area contributed by atoms with Crippen LogP contribution in [0.3, 0.4) is 0 Å². The number of hydrogen-bond donors (Lipinski definition) is 2. The first-order valence-electron chi connectivity index (χ1n) is 6.34. The smallest absolute Gasteiger partial charge is 0.267 e. The highest BCUT2D eigenvalue weighted by Gasteiger charge is 2.16. The molecular weight excluding hydrogens is 280 g/mol. The van der Waals surface area contributed by atoms with Crippen molar-refractivity contribution < 1.29 is 4.79 Å². The molecule has 3 nitrogen and oxygen atoms in total. The van der Waals surface area contributed by atoms with Crippen molar-refractivity contribution in [2.75, 3.05) is 11.1 Å². The van der Waals surface area contributed by atoms with Crippen molar-refractivity contribution >= 4 is 38.7 Å². The van der Waals surface area contributed by atoms with Crippen LogP contribution < -0.4 is 11.1 Å². The van der Waals surface area contributed by atoms with Crippen LogP contribution in [0.2, 0.25) is 0 Å². The monoisotopic (exact) mass is 292 g/mol. The van der Waals surface area contributed by atoms with Gasteiger partial charge in [0.05, 0.1) is 5.69 Å². The summed E-state index contributed by atoms with van der Waals surface area (Å²) in [4.78, 5) is 12.9. The SMILES string of the molecule is C#Cc1cccc(NC(=O)c2sc3ccccc3c2N)c1. The molecule has 0 bridgehead atoms. The Labute approximate surface area is 126 Å². The van der Waals surface area contributed by atoms with Gasteiger partial charge in [0.1, 0.15) is 4.88 Å². The van der Waals surface area contributed by atoms with E-state index < -0.39 is 0 Å². The molecule has 3 N–H and O–H groups in total. The standard InChI is InChI=1S/C17H12N2OS/c1-2-11-6-5-7-12(10-11)19-17(20)16-15(18)13-8-3-4-9-14(13)21-16/h1,3-10H,18H2,(H,19,20). The van der Waals surface area contributed by atoms with Gasteiger partial charge >= 0.3 is 0 Å². The number of amides is 1. The van der Waals surface area contributed by atoms with E-state index in [9.17, 15) is 4.79 Å². The second-order valence-corrected chi connectivity index (χ2v) is 5.57. The van der Waals surface area contributed by atoms with Gasteiger partial charge < -0.3 is 11.1 Å². The van der Waals surface area contributed by atoms with Crippen LogP contribution in [0.25, 0.3) is 10.1 Å². The first-order chi connectivity index (χ1) is 10.2. The van der Waals surface area contributed by atoms with E-state index in [2.05, 4.69) is 11.2 Å². The summed E-state index contributed by atoms with van der Waals surface area (Å²) in [7, 11) is 0. The molecule has 0 radical (unpaired) electrons. The Hall–Kier alpha value is -2.77. The van der Waals surface area contributed by atoms with Crippen molar-refractivity contribution in [2.45, 2.75) is 0 Å². The van der Waals surface area contributed by atoms with E-state index in [-0.39, 0.29) is 5.91 Å². The minimum Gasteiger partial charge on any atom is -0.397 e. The van der Waals surface area contributed by atoms with Gasteiger partial charge in [0.25, 0.3) is 5.91 Å². The number of hydrogen-bond acceptors (Lipinski definition) is 3. The minimum absolute atomic E-state index is 0.220. The van der Waals surface area contributed by atoms with E-state index in [0.717, 1.165) is 15.6 Å². The van der Waals surface area contributed by atoms with Crippen LogP contribution in [0.15, 0.2) is 48.5 Å². The van der Waals surface area contributed by atoms with Crippen molar-refractivity contribution in [3.63, 3.8) is 0 Å². The first-order valence-corrected chi connectivity index (χ1v) is 7.15. The van der Waals surface area contributed by atoms with E-state index in [1.807, 2.05) is 30.3 Å². The molecule has 0 saturated heterocycles. The lowest BCUT2D eigenvalue weighted by Crippen LogP contribution is -2.11. The van der Waals surface area contributed by atoms with Crippen LogP contribution in [-0.2, 0) is 0 Å². The lowest BCUT2D eigenvalue weighted by molar-refractivity contribution is 0.103. The molecule has 0 spiro atoms. The molecule has 3 rings (SSSR count). The largest absolute Gasteiger partial charge is 0.397 e. The van der Waals surface area contributed by atoms with E-state index >= 15 is 0 Å². The third-order valence-electron chi connectivity index (χ3n) is 3.13. The molecule has 0 atom stereocenters. The van der Waals surface area contributed by atoms with Gasteiger partial charge in [-0.15, -0.1) is 17.8 Å². The maximum atomic E-state index is 12.4. The maximum absolute atomic E-state index is 12.4. The number of terminal acetylenes is 1. The molecule has 1 aromatic heterocycles. The number of nitrogen functional groups attached to an aromatic ring is 1. The molecule has 4 heteroatoms. The molecule has 1 heterocycles. The van der Waals surface area contributed by atoms with E-state index in [4.69, 9.17) is 12.2 Å². The summed E-state index contributed by atoms with van der Waals surface area (Å²) in [5.41, 5.74) is 7.96. The van der Waals surface area contributed by atoms with Gasteiger partial charge in [-0.05, 0) is 24.3 Å². The van der Waals surface area contributed by atoms with Crippen molar-refractivity contribution in [1.29, 1.82) is 0 Å². The van der Waals surface area contributed by atoms with E-state index in [1.165, 1.54) is 11.3 Å². The first kappa shape index (κ1) is 13.2. The number of fused-ring (bicyclic) bond motifs is 1. The zero-order valence-electron chi connectivity index (χ0n) is 11.1. The van der Waals surface area contributed by atoms with Gasteiger partial charge in [0, 0.05) is 21.3 Å². The summed E-state index contributed by atoms with van der Waals surface area (Å²) in [6.07, 6.45) is 5.36. The van der Waals surface area contributed by atoms with Crippen LogP contribution in [0.1, 0.15) is 15.2 Å². The van der Waals surface area contributed by atoms with Crippen molar-refractivity contribution in [2.24, 2.45) is 0 Å². The Morgan fingerprint density at radius 3 is 2.76 bits per heavy atom. The van der Waals surface area contributed by atoms with Crippen LogP contribution in [0, 0.1) is 12.3 Å². The minimum atomic E-state index is -0.220. The number of rotatable bonds is 2. The lowest BCUT2D eigenvalue weighted by atomic mass is 10.2. The molecule has 0 aliphatic carbocycles. The number of nitrogens with two attached hydrogens (primary N) is 1. The third kappa shape index (κ3) is 2.47. The van der Waals surface area contributed by atoms with Gasteiger partial charge in [-0.25, -0.2) is 0 Å². The van der Waals surface area contributed by atoms with Crippen LogP contribution in [-0.4, -0.2) is 5.91 Å². The Bertz CT molecular complexity index is 874. The summed E-state index contributed by atoms with van der Waals surface area (Å²) in [6.45, 7) is 0. The van der Waals surface area contributed by atoms with Crippen molar-refractivity contribution in [3.05, 3.63) is 59.0 Å². The van der Waals surface area contributed by atoms with Crippen LogP contribution in [0.5, 0.6) is 0 Å². The molecular formula is C17H12N2OS. The molecule has 3 aromatic rings. The summed E-state index contributed by atoms with van der Waals surface area (Å²) in [5.74, 6) is 2.32. The molecule has 0 aliphatic heterocycles. The van der Waals surface area contributed by atoms with Gasteiger partial charge in [0.15, 0.2) is 0 Å². The molecule has 102 valence electrons. The Morgan fingerprint density at radius 2 is 2.00 bits per heavy atom. The fourth-order valence-electron chi connectivity index (χ4n) is 2.11. The summed E-state index contributed by atoms with van der Waals surface area (Å²) >= 11 is 1.38. The second-order valence-electron chi connectivity index (χ2n) is 4.52. The number of carbonyl (C=O) groups is 1. The topological polar surface area (TPSA) is 55.1 Å². The predicted molar refractivity (Wildman–Crippen MR) is 88.6 cm³/mol. The Balaban J connectivity index is 1.94. The zero-order chi connectivity index (χ0) is 14.8. The Morgan fingerprint density at radius 1 is 1.19 bits per heavy atom. The lowest BCUT2D eigenvalue weighted by Gasteiger charge is -2.04. The molecule has 1 amide bonds. The zero-order valence-corrected chi connectivity index (χ0v) is 11.9. The number of carbonyl (C=O) groups excluding carboxylic acids is 1. The van der Waals surface area contributed by atoms with Gasteiger partial charge in [-0.3, -0.25) is 4.79 Å². The number of anilines is 2. The fraction of sp³-hybridized carbons (Fsp3) is 0. The van der Waals surface area contributed by atoms with E-state index in [0.29, 0.717) is 16.3 Å². The molecule has 21 heavy (non-hydrogen) atoms. The number of nitrogens with one attached hydrogen (secondary N) is 1. The van der Waals surface area contributed by atoms with Gasteiger partial charge in [-0.2, -0.15) is 0 Å². The Kier molecular flexibility index (Phi) is 3.35. The highest BCUT2D eigenvalue weighted by atomic mass is 32.1. The third-order valence-corrected chi connectivity index (χ3v) is 4.31. The number of benzene rings is 2. The van der Waals surface area contributed by atoms with E-state index in [1.54, 1.807) is 18.2 Å². The van der Waals surface area contributed by atoms with Crippen molar-refractivity contribution in [1.82, 2.24) is 0 Å². The summed E-state index contributed by atoms with van der Waals surface area (Å²) in [6, 6.07) is 14.9. The molecule has 0 unspecified atom stereocenters. The predicted octanol–water partition coefficient (Wildman–Crippen LogP) is 3.72. The summed E-state index contributed by atoms with van der Waals surface area (Å²) < 4.78 is 0.998. The summed E-state index contributed by atoms with van der Waals surface area (Å²) in [5, 5.41) is 3.74. The fourth-order valence-corrected chi connectivity index (χ4v) is 3.13. The van der Waals surface area contributed by atoms with Crippen molar-refractivity contribution in [3.8, 4) is 12.3 Å². The molecule has 0 aliphatic rings. The molecule has 0 saturated carbocycles. The average molecular weight is 292 g/mol. The number of thiophene rings is 1. The quantitative estimate of drug-likeness (QED) is 0.707. The van der Waals surface area contributed by atoms with Crippen LogP contribution in [0.4, 0.5) is 11.4 Å². The average Bonchev–Trinajstić information content (AvgIpc) is 2.85. The van der Waals surface area contributed by atoms with Crippen LogP contribution >= 0.6 is 11.3 Å². The second kappa shape index (κ2) is 5.31. The normalized spacial score (nSPS) is 10.2. The maximum Gasteiger partial charge on any atom is 0.267 e. The highest BCUT2D eigenvalue weighted by molar-refractivity contribution is 7.21. The molecule has 0 fully saturated rings. The highest BCUT2D eigenvalue weighted by Crippen LogP contribution is 2.33. The van der Waals surface area contributed by atoms with Gasteiger partial charge in [0.2, 0.25) is 0 Å².